The van der Waals surface area contributed by atoms with Gasteiger partial charge >= 0.3 is 0 Å². The number of nitrogens with zero attached hydrogens (tertiary/aromatic N) is 8. The lowest BCUT2D eigenvalue weighted by Crippen LogP contribution is -2.54. The summed E-state index contributed by atoms with van der Waals surface area (Å²) in [6.45, 7) is 8.97. The van der Waals surface area contributed by atoms with Crippen LogP contribution in [0, 0.1) is 27.4 Å². The van der Waals surface area contributed by atoms with E-state index in [0.717, 1.165) is 80.2 Å². The maximum Gasteiger partial charge on any atom is 0.293 e. The zero-order valence-electron chi connectivity index (χ0n) is 47.2. The van der Waals surface area contributed by atoms with Gasteiger partial charge in [0.1, 0.15) is 34.6 Å². The first kappa shape index (κ1) is 58.5. The first-order valence-electron chi connectivity index (χ1n) is 28.4. The number of nitrogens with one attached hydrogen (secondary N) is 4. The van der Waals surface area contributed by atoms with Crippen LogP contribution in [0.3, 0.4) is 0 Å². The Morgan fingerprint density at radius 3 is 2.55 bits per heavy atom. The van der Waals surface area contributed by atoms with Gasteiger partial charge in [-0.25, -0.2) is 18.1 Å². The number of rotatable bonds is 19. The van der Waals surface area contributed by atoms with Gasteiger partial charge in [-0.05, 0) is 116 Å². The third-order valence-corrected chi connectivity index (χ3v) is 17.6. The molecule has 0 saturated carbocycles. The first-order valence-corrected chi connectivity index (χ1v) is 30.2. The number of sulfonamides is 1. The zero-order valence-corrected chi connectivity index (χ0v) is 48.8. The Kier molecular flexibility index (Phi) is 16.9. The number of pyridine rings is 1. The van der Waals surface area contributed by atoms with Gasteiger partial charge in [0, 0.05) is 92.1 Å². The number of unbranched alkanes of at least 4 members (excludes halogenated alkanes) is 3. The van der Waals surface area contributed by atoms with Crippen LogP contribution >= 0.6 is 11.6 Å². The maximum atomic E-state index is 14.1. The molecule has 86 heavy (non-hydrogen) atoms. The van der Waals surface area contributed by atoms with E-state index in [4.69, 9.17) is 16.3 Å². The van der Waals surface area contributed by atoms with Gasteiger partial charge < -0.3 is 19.9 Å². The Balaban J connectivity index is 0.696. The number of H-pyrrole nitrogens is 1. The average molecular weight is 1200 g/mol. The molecule has 0 spiro atoms. The van der Waals surface area contributed by atoms with Crippen molar-refractivity contribution in [3.8, 4) is 23.3 Å². The molecule has 0 bridgehead atoms. The molecule has 442 valence electrons. The molecular formula is C62H61ClN12O10S. The van der Waals surface area contributed by atoms with Crippen LogP contribution in [0.25, 0.3) is 16.6 Å². The van der Waals surface area contributed by atoms with Crippen LogP contribution in [-0.4, -0.2) is 116 Å². The highest BCUT2D eigenvalue weighted by Gasteiger charge is 2.45. The van der Waals surface area contributed by atoms with E-state index in [9.17, 15) is 42.5 Å². The fourth-order valence-corrected chi connectivity index (χ4v) is 12.5. The van der Waals surface area contributed by atoms with Crippen molar-refractivity contribution < 1.29 is 42.1 Å². The number of hydrogen-bond acceptors (Lipinski definition) is 16. The number of nitro groups is 1. The van der Waals surface area contributed by atoms with Gasteiger partial charge in [0.2, 0.25) is 11.8 Å². The molecule has 0 radical (unpaired) electrons. The van der Waals surface area contributed by atoms with E-state index in [1.54, 1.807) is 47.4 Å². The summed E-state index contributed by atoms with van der Waals surface area (Å²) >= 11 is 6.26. The Morgan fingerprint density at radius 1 is 0.942 bits per heavy atom. The summed E-state index contributed by atoms with van der Waals surface area (Å²) < 4.78 is 38.0. The van der Waals surface area contributed by atoms with Gasteiger partial charge in [0.05, 0.1) is 45.4 Å². The number of piperazine rings is 1. The number of aryl methyl sites for hydroxylation is 1. The molecule has 2 fully saturated rings. The van der Waals surface area contributed by atoms with E-state index < -0.39 is 61.1 Å². The van der Waals surface area contributed by atoms with Crippen molar-refractivity contribution >= 4 is 84.8 Å². The van der Waals surface area contributed by atoms with Crippen molar-refractivity contribution in [3.05, 3.63) is 164 Å². The standard InChI is InChI=1S/C62H61ClN12O10S/c1-62(2)24-22-42(50(34-62)39-12-14-43(63)15-13-39)37-71-27-29-72(30-28-71)45-16-18-48(54(32-45)85-46-31-41-23-25-64-57(41)66-36-46)58(77)69-86(83,84)47-17-19-51(53(33-47)75(81)82)65-35-44-38-73(70-68-44)26-7-5-3-4-6-9-40-10-8-11-49-56(40)61(80)74(60(49)79)52-20-21-55(76)67-59(52)78/h8,10-19,23,25,31-33,36,38,52,65H,3-5,7,20-22,24,26-30,34-35,37H2,1-2H3,(H,64,66)(H,69,77)(H,67,76,78). The third kappa shape index (κ3) is 13.0. The second-order valence-electron chi connectivity index (χ2n) is 22.5. The summed E-state index contributed by atoms with van der Waals surface area (Å²) in [5.41, 5.74) is 6.16. The topological polar surface area (TPSA) is 277 Å². The second kappa shape index (κ2) is 24.8. The second-order valence-corrected chi connectivity index (χ2v) is 24.7. The van der Waals surface area contributed by atoms with Crippen LogP contribution in [0.15, 0.2) is 120 Å². The highest BCUT2D eigenvalue weighted by molar-refractivity contribution is 7.90. The number of ether oxygens (including phenoxy) is 1. The van der Waals surface area contributed by atoms with Crippen molar-refractivity contribution in [1.82, 2.24) is 44.8 Å². The number of hydrogen-bond donors (Lipinski definition) is 4. The van der Waals surface area contributed by atoms with E-state index in [2.05, 4.69) is 83.3 Å². The monoisotopic (exact) mass is 1200 g/mol. The molecule has 4 aliphatic rings. The van der Waals surface area contributed by atoms with Gasteiger partial charge in [0.25, 0.3) is 33.4 Å². The van der Waals surface area contributed by atoms with Gasteiger partial charge in [-0.3, -0.25) is 53.9 Å². The number of anilines is 2. The number of piperidine rings is 1. The normalized spacial score (nSPS) is 17.1. The minimum absolute atomic E-state index is 0.0110. The van der Waals surface area contributed by atoms with Crippen LogP contribution in [0.1, 0.15) is 120 Å². The predicted octanol–water partition coefficient (Wildman–Crippen LogP) is 9.04. The number of aromatic amines is 1. The Bertz CT molecular complexity index is 4070. The highest BCUT2D eigenvalue weighted by atomic mass is 35.5. The minimum atomic E-state index is -4.68. The van der Waals surface area contributed by atoms with E-state index in [1.165, 1.54) is 47.2 Å². The molecule has 1 unspecified atom stereocenters. The summed E-state index contributed by atoms with van der Waals surface area (Å²) in [5, 5.41) is 27.4. The number of benzene rings is 4. The summed E-state index contributed by atoms with van der Waals surface area (Å²) in [7, 11) is -4.68. The van der Waals surface area contributed by atoms with Crippen molar-refractivity contribution in [2.75, 3.05) is 42.9 Å². The lowest BCUT2D eigenvalue weighted by atomic mass is 9.72. The average Bonchev–Trinajstić information content (AvgIpc) is 1.79. The highest BCUT2D eigenvalue weighted by Crippen LogP contribution is 2.44. The Hall–Kier alpha value is -9.24. The maximum absolute atomic E-state index is 14.1. The molecule has 22 nitrogen and oxygen atoms in total. The number of halogens is 1. The first-order chi connectivity index (χ1) is 41.4. The Morgan fingerprint density at radius 2 is 1.76 bits per heavy atom. The van der Waals surface area contributed by atoms with Gasteiger partial charge in [-0.1, -0.05) is 72.7 Å². The molecule has 4 N–H and O–H groups in total. The number of nitro benzene ring substituents is 1. The molecule has 2 saturated heterocycles. The van der Waals surface area contributed by atoms with Gasteiger partial charge in [0.15, 0.2) is 0 Å². The third-order valence-electron chi connectivity index (χ3n) is 16.0. The SMILES string of the molecule is CC1(C)CCC(CN2CCN(c3ccc(C(=O)NS(=O)(=O)c4ccc(NCc5cn(CCCCCC#Cc6cccc7c6C(=O)N(C6CCC(=O)NC6=O)C7=O)nn5)c([N+](=O)[O-])c4)c(Oc4cnc5[nH]ccc5c4)c3)CC2)=C(c2ccc(Cl)cc2)C1. The Labute approximate surface area is 500 Å². The van der Waals surface area contributed by atoms with Crippen LogP contribution < -0.4 is 25.0 Å². The molecule has 5 amide bonds. The molecular weight excluding hydrogens is 1140 g/mol. The van der Waals surface area contributed by atoms with E-state index >= 15 is 0 Å². The van der Waals surface area contributed by atoms with Crippen molar-refractivity contribution in [2.45, 2.75) is 95.7 Å². The molecule has 7 aromatic rings. The molecule has 11 rings (SSSR count). The minimum Gasteiger partial charge on any atom is -0.455 e. The molecule has 4 aromatic carbocycles. The number of carbonyl (C=O) groups is 5. The number of carbonyl (C=O) groups excluding carboxylic acids is 5. The molecule has 3 aliphatic heterocycles. The van der Waals surface area contributed by atoms with E-state index in [0.29, 0.717) is 53.7 Å². The number of aromatic nitrogens is 5. The number of fused-ring (bicyclic) bond motifs is 2. The van der Waals surface area contributed by atoms with Gasteiger partial charge in [-0.2, -0.15) is 0 Å². The van der Waals surface area contributed by atoms with E-state index in [-0.39, 0.29) is 52.9 Å². The zero-order chi connectivity index (χ0) is 60.3. The van der Waals surface area contributed by atoms with Crippen LogP contribution in [0.4, 0.5) is 17.1 Å². The quantitative estimate of drug-likeness (QED) is 0.0193. The lowest BCUT2D eigenvalue weighted by Gasteiger charge is -2.39. The summed E-state index contributed by atoms with van der Waals surface area (Å²) in [4.78, 5) is 89.1. The summed E-state index contributed by atoms with van der Waals surface area (Å²) in [5.74, 6) is 3.12. The largest absolute Gasteiger partial charge is 0.455 e. The number of allylic oxidation sites excluding steroid dienone is 1. The summed E-state index contributed by atoms with van der Waals surface area (Å²) in [6, 6.07) is 23.7. The summed E-state index contributed by atoms with van der Waals surface area (Å²) in [6.07, 6.45) is 10.8. The van der Waals surface area contributed by atoms with Crippen LogP contribution in [-0.2, 0) is 32.7 Å². The molecule has 6 heterocycles. The lowest BCUT2D eigenvalue weighted by molar-refractivity contribution is -0.384. The number of imide groups is 2. The molecule has 1 atom stereocenters. The van der Waals surface area contributed by atoms with E-state index in [1.807, 2.05) is 18.2 Å². The van der Waals surface area contributed by atoms with Crippen molar-refractivity contribution in [2.24, 2.45) is 5.41 Å². The van der Waals surface area contributed by atoms with Crippen molar-refractivity contribution in [1.29, 1.82) is 0 Å². The molecule has 3 aromatic heterocycles. The smallest absolute Gasteiger partial charge is 0.293 e. The molecule has 1 aliphatic carbocycles. The number of amides is 5. The fraction of sp³-hybridized carbons (Fsp3) is 0.323. The van der Waals surface area contributed by atoms with Crippen LogP contribution in [0.2, 0.25) is 5.02 Å². The van der Waals surface area contributed by atoms with Crippen molar-refractivity contribution in [3.63, 3.8) is 0 Å². The fourth-order valence-electron chi connectivity index (χ4n) is 11.4. The van der Waals surface area contributed by atoms with Gasteiger partial charge in [-0.15, -0.1) is 5.10 Å². The van der Waals surface area contributed by atoms with Crippen LogP contribution in [0.5, 0.6) is 11.5 Å². The predicted molar refractivity (Wildman–Crippen MR) is 321 cm³/mol. The molecule has 24 heteroatoms.